The van der Waals surface area contributed by atoms with Crippen LogP contribution < -0.4 is 10.6 Å². The SMILES string of the molecule is COCCNCCNC(=O)c1ccc(F)cc1F. The Balaban J connectivity index is 2.32. The zero-order valence-electron chi connectivity index (χ0n) is 10.1. The first-order valence-electron chi connectivity index (χ1n) is 5.58. The molecule has 1 rings (SSSR count). The molecular weight excluding hydrogens is 242 g/mol. The van der Waals surface area contributed by atoms with Gasteiger partial charge in [-0.2, -0.15) is 0 Å². The Kier molecular flexibility index (Phi) is 6.24. The minimum atomic E-state index is -0.861. The number of hydrogen-bond acceptors (Lipinski definition) is 3. The van der Waals surface area contributed by atoms with Crippen LogP contribution in [0.2, 0.25) is 0 Å². The summed E-state index contributed by atoms with van der Waals surface area (Å²) in [6, 6.07) is 2.86. The first-order valence-corrected chi connectivity index (χ1v) is 5.58. The van der Waals surface area contributed by atoms with Crippen molar-refractivity contribution >= 4 is 5.91 Å². The zero-order valence-corrected chi connectivity index (χ0v) is 10.1. The lowest BCUT2D eigenvalue weighted by molar-refractivity contribution is 0.0949. The number of amides is 1. The summed E-state index contributed by atoms with van der Waals surface area (Å²) in [5.41, 5.74) is -0.159. The van der Waals surface area contributed by atoms with Crippen molar-refractivity contribution in [3.63, 3.8) is 0 Å². The molecule has 2 N–H and O–H groups in total. The van der Waals surface area contributed by atoms with Gasteiger partial charge in [-0.1, -0.05) is 0 Å². The van der Waals surface area contributed by atoms with Gasteiger partial charge in [0.25, 0.3) is 5.91 Å². The Morgan fingerprint density at radius 2 is 2.06 bits per heavy atom. The quantitative estimate of drug-likeness (QED) is 0.715. The van der Waals surface area contributed by atoms with Crippen molar-refractivity contribution in [1.82, 2.24) is 10.6 Å². The van der Waals surface area contributed by atoms with Crippen LogP contribution in [0.5, 0.6) is 0 Å². The average molecular weight is 258 g/mol. The predicted molar refractivity (Wildman–Crippen MR) is 63.4 cm³/mol. The Hall–Kier alpha value is -1.53. The zero-order chi connectivity index (χ0) is 13.4. The fourth-order valence-electron chi connectivity index (χ4n) is 1.33. The molecule has 0 aliphatic carbocycles. The Labute approximate surface area is 104 Å². The van der Waals surface area contributed by atoms with Gasteiger partial charge in [0.2, 0.25) is 0 Å². The van der Waals surface area contributed by atoms with Gasteiger partial charge in [0.15, 0.2) is 0 Å². The molecule has 0 saturated heterocycles. The first-order chi connectivity index (χ1) is 8.65. The fraction of sp³-hybridized carbons (Fsp3) is 0.417. The van der Waals surface area contributed by atoms with Gasteiger partial charge in [-0.3, -0.25) is 4.79 Å². The molecule has 0 aliphatic heterocycles. The normalized spacial score (nSPS) is 10.4. The minimum absolute atomic E-state index is 0.159. The van der Waals surface area contributed by atoms with Crippen molar-refractivity contribution in [2.75, 3.05) is 33.4 Å². The van der Waals surface area contributed by atoms with E-state index >= 15 is 0 Å². The molecule has 6 heteroatoms. The van der Waals surface area contributed by atoms with Crippen LogP contribution in [-0.2, 0) is 4.74 Å². The van der Waals surface area contributed by atoms with Crippen LogP contribution in [0.1, 0.15) is 10.4 Å². The van der Waals surface area contributed by atoms with Gasteiger partial charge in [-0.05, 0) is 12.1 Å². The summed E-state index contributed by atoms with van der Waals surface area (Å²) in [6.07, 6.45) is 0. The number of ether oxygens (including phenoxy) is 1. The van der Waals surface area contributed by atoms with Gasteiger partial charge in [0, 0.05) is 32.8 Å². The summed E-state index contributed by atoms with van der Waals surface area (Å²) in [4.78, 5) is 11.5. The molecule has 0 fully saturated rings. The maximum absolute atomic E-state index is 13.2. The summed E-state index contributed by atoms with van der Waals surface area (Å²) < 4.78 is 30.7. The van der Waals surface area contributed by atoms with Gasteiger partial charge in [0.05, 0.1) is 12.2 Å². The van der Waals surface area contributed by atoms with E-state index in [9.17, 15) is 13.6 Å². The molecule has 0 bridgehead atoms. The second-order valence-corrected chi connectivity index (χ2v) is 3.62. The smallest absolute Gasteiger partial charge is 0.254 e. The van der Waals surface area contributed by atoms with Crippen molar-refractivity contribution in [2.24, 2.45) is 0 Å². The highest BCUT2D eigenvalue weighted by atomic mass is 19.1. The van der Waals surface area contributed by atoms with Crippen LogP contribution in [0, 0.1) is 11.6 Å². The molecular formula is C12H16F2N2O2. The van der Waals surface area contributed by atoms with Gasteiger partial charge in [0.1, 0.15) is 11.6 Å². The number of hydrogen-bond donors (Lipinski definition) is 2. The van der Waals surface area contributed by atoms with Gasteiger partial charge < -0.3 is 15.4 Å². The molecule has 1 aromatic carbocycles. The summed E-state index contributed by atoms with van der Waals surface area (Å²) in [6.45, 7) is 2.18. The third-order valence-electron chi connectivity index (χ3n) is 2.25. The van der Waals surface area contributed by atoms with Crippen LogP contribution >= 0.6 is 0 Å². The number of rotatable bonds is 7. The van der Waals surface area contributed by atoms with E-state index in [4.69, 9.17) is 4.74 Å². The largest absolute Gasteiger partial charge is 0.383 e. The summed E-state index contributed by atoms with van der Waals surface area (Å²) >= 11 is 0. The van der Waals surface area contributed by atoms with Crippen molar-refractivity contribution in [1.29, 1.82) is 0 Å². The number of nitrogens with one attached hydrogen (secondary N) is 2. The van der Waals surface area contributed by atoms with Crippen molar-refractivity contribution in [2.45, 2.75) is 0 Å². The van der Waals surface area contributed by atoms with E-state index < -0.39 is 17.5 Å². The average Bonchev–Trinajstić information content (AvgIpc) is 2.33. The lowest BCUT2D eigenvalue weighted by Gasteiger charge is -2.07. The highest BCUT2D eigenvalue weighted by Crippen LogP contribution is 2.08. The summed E-state index contributed by atoms with van der Waals surface area (Å²) in [7, 11) is 1.60. The second kappa shape index (κ2) is 7.73. The molecule has 1 aromatic rings. The molecule has 0 spiro atoms. The maximum atomic E-state index is 13.2. The summed E-state index contributed by atoms with van der Waals surface area (Å²) in [5, 5.41) is 5.55. The molecule has 0 atom stereocenters. The third-order valence-corrected chi connectivity index (χ3v) is 2.25. The van der Waals surface area contributed by atoms with E-state index in [0.29, 0.717) is 32.3 Å². The van der Waals surface area contributed by atoms with Crippen molar-refractivity contribution in [3.05, 3.63) is 35.4 Å². The number of benzene rings is 1. The maximum Gasteiger partial charge on any atom is 0.254 e. The molecule has 4 nitrogen and oxygen atoms in total. The molecule has 0 aromatic heterocycles. The number of halogens is 2. The van der Waals surface area contributed by atoms with Crippen LogP contribution in [0.3, 0.4) is 0 Å². The van der Waals surface area contributed by atoms with Crippen LogP contribution in [0.4, 0.5) is 8.78 Å². The van der Waals surface area contributed by atoms with E-state index in [-0.39, 0.29) is 5.56 Å². The van der Waals surface area contributed by atoms with E-state index in [2.05, 4.69) is 10.6 Å². The fourth-order valence-corrected chi connectivity index (χ4v) is 1.33. The molecule has 100 valence electrons. The Morgan fingerprint density at radius 3 is 2.72 bits per heavy atom. The van der Waals surface area contributed by atoms with Gasteiger partial charge >= 0.3 is 0 Å². The molecule has 0 saturated carbocycles. The molecule has 18 heavy (non-hydrogen) atoms. The molecule has 0 heterocycles. The molecule has 0 unspecified atom stereocenters. The lowest BCUT2D eigenvalue weighted by atomic mass is 10.2. The number of carbonyl (C=O) groups is 1. The minimum Gasteiger partial charge on any atom is -0.383 e. The number of carbonyl (C=O) groups excluding carboxylic acids is 1. The van der Waals surface area contributed by atoms with Gasteiger partial charge in [-0.15, -0.1) is 0 Å². The first kappa shape index (κ1) is 14.5. The number of methoxy groups -OCH3 is 1. The van der Waals surface area contributed by atoms with Crippen LogP contribution in [0.25, 0.3) is 0 Å². The topological polar surface area (TPSA) is 50.4 Å². The second-order valence-electron chi connectivity index (χ2n) is 3.62. The predicted octanol–water partition coefficient (Wildman–Crippen LogP) is 0.931. The van der Waals surface area contributed by atoms with E-state index in [1.165, 1.54) is 0 Å². The van der Waals surface area contributed by atoms with E-state index in [1.54, 1.807) is 7.11 Å². The van der Waals surface area contributed by atoms with Crippen molar-refractivity contribution in [3.8, 4) is 0 Å². The molecule has 0 aliphatic rings. The highest BCUT2D eigenvalue weighted by molar-refractivity contribution is 5.94. The molecule has 0 radical (unpaired) electrons. The molecule has 1 amide bonds. The third kappa shape index (κ3) is 4.77. The highest BCUT2D eigenvalue weighted by Gasteiger charge is 2.11. The van der Waals surface area contributed by atoms with Crippen molar-refractivity contribution < 1.29 is 18.3 Å². The van der Waals surface area contributed by atoms with Crippen LogP contribution in [0.15, 0.2) is 18.2 Å². The summed E-state index contributed by atoms with van der Waals surface area (Å²) in [5.74, 6) is -2.12. The van der Waals surface area contributed by atoms with Gasteiger partial charge in [-0.25, -0.2) is 8.78 Å². The van der Waals surface area contributed by atoms with Crippen LogP contribution in [-0.4, -0.2) is 39.3 Å². The Morgan fingerprint density at radius 1 is 1.28 bits per heavy atom. The monoisotopic (exact) mass is 258 g/mol. The standard InChI is InChI=1S/C12H16F2N2O2/c1-18-7-6-15-4-5-16-12(17)10-3-2-9(13)8-11(10)14/h2-3,8,15H,4-7H2,1H3,(H,16,17). The van der Waals surface area contributed by atoms with E-state index in [0.717, 1.165) is 12.1 Å². The Bertz CT molecular complexity index is 400. The lowest BCUT2D eigenvalue weighted by Crippen LogP contribution is -2.33. The van der Waals surface area contributed by atoms with E-state index in [1.807, 2.05) is 0 Å².